The Kier molecular flexibility index (Phi) is 4.94. The molecule has 2 rings (SSSR count). The highest BCUT2D eigenvalue weighted by Gasteiger charge is 2.41. The van der Waals surface area contributed by atoms with Crippen LogP contribution in [0, 0.1) is 11.3 Å². The lowest BCUT2D eigenvalue weighted by Crippen LogP contribution is -2.54. The largest absolute Gasteiger partial charge is 0.391 e. The zero-order valence-electron chi connectivity index (χ0n) is 13.4. The monoisotopic (exact) mass is 267 g/mol. The Labute approximate surface area is 119 Å². The summed E-state index contributed by atoms with van der Waals surface area (Å²) >= 11 is 0. The van der Waals surface area contributed by atoms with E-state index in [2.05, 4.69) is 32.7 Å². The van der Waals surface area contributed by atoms with Crippen LogP contribution in [0.1, 0.15) is 72.1 Å². The fourth-order valence-electron chi connectivity index (χ4n) is 4.25. The molecule has 1 N–H and O–H groups in total. The zero-order chi connectivity index (χ0) is 14.0. The maximum absolute atomic E-state index is 10.7. The SMILES string of the molecule is CCC1CCC(N(C)C2CCCC(C)(C)C2O)CC1. The zero-order valence-corrected chi connectivity index (χ0v) is 13.4. The van der Waals surface area contributed by atoms with Crippen molar-refractivity contribution < 1.29 is 5.11 Å². The Morgan fingerprint density at radius 1 is 1.11 bits per heavy atom. The lowest BCUT2D eigenvalue weighted by Gasteiger charge is -2.48. The van der Waals surface area contributed by atoms with Crippen molar-refractivity contribution in [3.8, 4) is 0 Å². The lowest BCUT2D eigenvalue weighted by atomic mass is 9.71. The molecule has 0 aromatic heterocycles. The van der Waals surface area contributed by atoms with Crippen molar-refractivity contribution in [2.45, 2.75) is 90.3 Å². The van der Waals surface area contributed by atoms with E-state index >= 15 is 0 Å². The molecular weight excluding hydrogens is 234 g/mol. The highest BCUT2D eigenvalue weighted by molar-refractivity contribution is 4.94. The molecule has 2 fully saturated rings. The van der Waals surface area contributed by atoms with E-state index in [1.165, 1.54) is 51.4 Å². The van der Waals surface area contributed by atoms with Crippen molar-refractivity contribution in [2.24, 2.45) is 11.3 Å². The van der Waals surface area contributed by atoms with Gasteiger partial charge in [0.2, 0.25) is 0 Å². The molecule has 0 bridgehead atoms. The van der Waals surface area contributed by atoms with Gasteiger partial charge in [0.25, 0.3) is 0 Å². The predicted octanol–water partition coefficient (Wildman–Crippen LogP) is 3.83. The Morgan fingerprint density at radius 2 is 1.74 bits per heavy atom. The van der Waals surface area contributed by atoms with Crippen LogP contribution in [0.15, 0.2) is 0 Å². The van der Waals surface area contributed by atoms with Crippen LogP contribution >= 0.6 is 0 Å². The molecule has 2 aliphatic rings. The molecule has 0 spiro atoms. The second-order valence-electron chi connectivity index (χ2n) is 7.64. The van der Waals surface area contributed by atoms with Crippen molar-refractivity contribution in [1.29, 1.82) is 0 Å². The summed E-state index contributed by atoms with van der Waals surface area (Å²) in [6, 6.07) is 1.09. The van der Waals surface area contributed by atoms with Gasteiger partial charge in [0, 0.05) is 12.1 Å². The average molecular weight is 267 g/mol. The van der Waals surface area contributed by atoms with Crippen LogP contribution in [-0.4, -0.2) is 35.2 Å². The van der Waals surface area contributed by atoms with Gasteiger partial charge in [0.15, 0.2) is 0 Å². The first-order chi connectivity index (χ1) is 8.95. The van der Waals surface area contributed by atoms with Crippen LogP contribution in [-0.2, 0) is 0 Å². The minimum atomic E-state index is -0.157. The van der Waals surface area contributed by atoms with Crippen molar-refractivity contribution in [3.05, 3.63) is 0 Å². The van der Waals surface area contributed by atoms with Gasteiger partial charge in [0.05, 0.1) is 6.10 Å². The maximum Gasteiger partial charge on any atom is 0.0746 e. The summed E-state index contributed by atoms with van der Waals surface area (Å²) in [7, 11) is 2.26. The second-order valence-corrected chi connectivity index (χ2v) is 7.64. The van der Waals surface area contributed by atoms with Gasteiger partial charge in [-0.15, -0.1) is 0 Å². The Balaban J connectivity index is 1.94. The van der Waals surface area contributed by atoms with Crippen LogP contribution in [0.25, 0.3) is 0 Å². The van der Waals surface area contributed by atoms with E-state index in [1.54, 1.807) is 0 Å². The van der Waals surface area contributed by atoms with E-state index in [9.17, 15) is 5.11 Å². The second kappa shape index (κ2) is 6.13. The topological polar surface area (TPSA) is 23.5 Å². The molecule has 0 heterocycles. The van der Waals surface area contributed by atoms with Crippen molar-refractivity contribution in [1.82, 2.24) is 4.90 Å². The first-order valence-electron chi connectivity index (χ1n) is 8.35. The van der Waals surface area contributed by atoms with Gasteiger partial charge in [-0.05, 0) is 56.9 Å². The average Bonchev–Trinajstić information content (AvgIpc) is 2.41. The summed E-state index contributed by atoms with van der Waals surface area (Å²) in [6.07, 6.45) is 10.2. The summed E-state index contributed by atoms with van der Waals surface area (Å²) in [5, 5.41) is 10.7. The molecule has 2 saturated carbocycles. The maximum atomic E-state index is 10.7. The molecule has 2 nitrogen and oxygen atoms in total. The molecule has 0 aliphatic heterocycles. The molecule has 0 aromatic rings. The smallest absolute Gasteiger partial charge is 0.0746 e. The molecule has 0 saturated heterocycles. The molecular formula is C17H33NO. The fraction of sp³-hybridized carbons (Fsp3) is 1.00. The number of hydrogen-bond acceptors (Lipinski definition) is 2. The number of nitrogens with zero attached hydrogens (tertiary/aromatic N) is 1. The van der Waals surface area contributed by atoms with E-state index in [0.29, 0.717) is 12.1 Å². The third-order valence-electron chi connectivity index (χ3n) is 5.98. The molecule has 0 aromatic carbocycles. The van der Waals surface area contributed by atoms with E-state index in [4.69, 9.17) is 0 Å². The van der Waals surface area contributed by atoms with Gasteiger partial charge >= 0.3 is 0 Å². The van der Waals surface area contributed by atoms with Crippen LogP contribution in [0.4, 0.5) is 0 Å². The molecule has 0 radical (unpaired) electrons. The van der Waals surface area contributed by atoms with Crippen LogP contribution < -0.4 is 0 Å². The van der Waals surface area contributed by atoms with Gasteiger partial charge < -0.3 is 5.11 Å². The van der Waals surface area contributed by atoms with E-state index < -0.39 is 0 Å². The summed E-state index contributed by atoms with van der Waals surface area (Å²) in [6.45, 7) is 6.78. The number of hydrogen-bond donors (Lipinski definition) is 1. The number of aliphatic hydroxyl groups is 1. The summed E-state index contributed by atoms with van der Waals surface area (Å²) in [5.41, 5.74) is 0.0950. The first kappa shape index (κ1) is 15.3. The van der Waals surface area contributed by atoms with E-state index in [1.807, 2.05) is 0 Å². The molecule has 0 amide bonds. The van der Waals surface area contributed by atoms with Gasteiger partial charge in [0.1, 0.15) is 0 Å². The van der Waals surface area contributed by atoms with Gasteiger partial charge in [-0.1, -0.05) is 33.6 Å². The normalized spacial score (nSPS) is 39.5. The van der Waals surface area contributed by atoms with Crippen LogP contribution in [0.5, 0.6) is 0 Å². The van der Waals surface area contributed by atoms with Crippen molar-refractivity contribution >= 4 is 0 Å². The van der Waals surface area contributed by atoms with Gasteiger partial charge in [-0.3, -0.25) is 4.90 Å². The number of rotatable bonds is 3. The molecule has 2 heteroatoms. The first-order valence-corrected chi connectivity index (χ1v) is 8.35. The van der Waals surface area contributed by atoms with Crippen LogP contribution in [0.2, 0.25) is 0 Å². The molecule has 2 atom stereocenters. The third kappa shape index (κ3) is 3.33. The van der Waals surface area contributed by atoms with E-state index in [-0.39, 0.29) is 11.5 Å². The quantitative estimate of drug-likeness (QED) is 0.840. The summed E-state index contributed by atoms with van der Waals surface area (Å²) in [4.78, 5) is 2.53. The molecule has 19 heavy (non-hydrogen) atoms. The number of aliphatic hydroxyl groups excluding tert-OH is 1. The highest BCUT2D eigenvalue weighted by Crippen LogP contribution is 2.39. The Hall–Kier alpha value is -0.0800. The van der Waals surface area contributed by atoms with Crippen molar-refractivity contribution in [3.63, 3.8) is 0 Å². The van der Waals surface area contributed by atoms with Crippen molar-refractivity contribution in [2.75, 3.05) is 7.05 Å². The molecule has 2 unspecified atom stereocenters. The van der Waals surface area contributed by atoms with Crippen LogP contribution in [0.3, 0.4) is 0 Å². The fourth-order valence-corrected chi connectivity index (χ4v) is 4.25. The minimum Gasteiger partial charge on any atom is -0.391 e. The van der Waals surface area contributed by atoms with Gasteiger partial charge in [-0.25, -0.2) is 0 Å². The summed E-state index contributed by atoms with van der Waals surface area (Å²) in [5.74, 6) is 0.956. The molecule has 112 valence electrons. The van der Waals surface area contributed by atoms with E-state index in [0.717, 1.165) is 5.92 Å². The Morgan fingerprint density at radius 3 is 2.32 bits per heavy atom. The Bertz CT molecular complexity index is 281. The predicted molar refractivity (Wildman–Crippen MR) is 81.2 cm³/mol. The highest BCUT2D eigenvalue weighted by atomic mass is 16.3. The third-order valence-corrected chi connectivity index (χ3v) is 5.98. The molecule has 2 aliphatic carbocycles. The summed E-state index contributed by atoms with van der Waals surface area (Å²) < 4.78 is 0. The standard InChI is InChI=1S/C17H33NO/c1-5-13-8-10-14(11-9-13)18(4)15-7-6-12-17(2,3)16(15)19/h13-16,19H,5-12H2,1-4H3. The van der Waals surface area contributed by atoms with Gasteiger partial charge in [-0.2, -0.15) is 0 Å². The lowest BCUT2D eigenvalue weighted by molar-refractivity contribution is -0.0658. The minimum absolute atomic E-state index is 0.0950. The number of likely N-dealkylation sites (N-methyl/N-ethyl adjacent to an activating group) is 1.